The van der Waals surface area contributed by atoms with E-state index in [1.165, 1.54) is 6.92 Å². The molecule has 134 valence electrons. The Morgan fingerprint density at radius 3 is 1.81 bits per heavy atom. The first kappa shape index (κ1) is 19.5. The Kier molecular flexibility index (Phi) is 6.76. The zero-order chi connectivity index (χ0) is 19.1. The molecule has 0 radical (unpaired) electrons. The minimum atomic E-state index is -0.264. The van der Waals surface area contributed by atoms with Crippen molar-refractivity contribution in [1.82, 2.24) is 10.6 Å². The first-order chi connectivity index (χ1) is 12.3. The molecule has 0 saturated carbocycles. The molecule has 0 aromatic heterocycles. The van der Waals surface area contributed by atoms with Gasteiger partial charge in [-0.3, -0.25) is 14.9 Å². The van der Waals surface area contributed by atoms with Crippen LogP contribution in [-0.2, 0) is 4.79 Å². The number of amides is 2. The summed E-state index contributed by atoms with van der Waals surface area (Å²) >= 11 is 10.2. The topological polar surface area (TPSA) is 82.3 Å². The third kappa shape index (κ3) is 5.91. The van der Waals surface area contributed by atoms with Gasteiger partial charge in [-0.2, -0.15) is 0 Å². The number of nitrogens with one attached hydrogen (secondary N) is 4. The van der Waals surface area contributed by atoms with Crippen LogP contribution in [0.25, 0.3) is 0 Å². The Morgan fingerprint density at radius 1 is 0.808 bits per heavy atom. The van der Waals surface area contributed by atoms with Crippen LogP contribution in [0.5, 0.6) is 0 Å². The highest BCUT2D eigenvalue weighted by molar-refractivity contribution is 7.80. The number of aryl methyl sites for hydroxylation is 1. The molecule has 0 fully saturated rings. The number of rotatable bonds is 3. The van der Waals surface area contributed by atoms with E-state index in [0.717, 1.165) is 5.56 Å². The van der Waals surface area contributed by atoms with Gasteiger partial charge in [0.25, 0.3) is 5.91 Å². The van der Waals surface area contributed by atoms with Crippen molar-refractivity contribution in [2.24, 2.45) is 0 Å². The van der Waals surface area contributed by atoms with E-state index < -0.39 is 0 Å². The van der Waals surface area contributed by atoms with Gasteiger partial charge < -0.3 is 16.0 Å². The smallest absolute Gasteiger partial charge is 0.257 e. The summed E-state index contributed by atoms with van der Waals surface area (Å²) < 4.78 is 0. The summed E-state index contributed by atoms with van der Waals surface area (Å²) in [6, 6.07) is 14.3. The quantitative estimate of drug-likeness (QED) is 0.607. The van der Waals surface area contributed by atoms with Gasteiger partial charge in [-0.05, 0) is 67.3 Å². The van der Waals surface area contributed by atoms with E-state index in [1.807, 2.05) is 19.1 Å². The van der Waals surface area contributed by atoms with Gasteiger partial charge in [0.1, 0.15) is 0 Å². The Hall–Kier alpha value is -2.84. The summed E-state index contributed by atoms with van der Waals surface area (Å²) in [6.45, 7) is 3.25. The lowest BCUT2D eigenvalue weighted by atomic mass is 10.1. The molecule has 0 bridgehead atoms. The lowest BCUT2D eigenvalue weighted by Gasteiger charge is -2.12. The SMILES string of the molecule is CC(=O)NC(=S)Nc1ccc(NC(=S)NC(=O)c2ccccc2C)cc1. The maximum absolute atomic E-state index is 12.2. The van der Waals surface area contributed by atoms with Gasteiger partial charge in [0, 0.05) is 23.9 Å². The standard InChI is InChI=1S/C18H18N4O2S2/c1-11-5-3-4-6-15(11)16(24)22-18(26)21-14-9-7-13(8-10-14)20-17(25)19-12(2)23/h3-10H,1-2H3,(H2,19,20,23,25)(H2,21,22,24,26). The molecule has 6 nitrogen and oxygen atoms in total. The van der Waals surface area contributed by atoms with Gasteiger partial charge in [0.05, 0.1) is 0 Å². The number of hydrogen-bond donors (Lipinski definition) is 4. The van der Waals surface area contributed by atoms with E-state index in [0.29, 0.717) is 16.9 Å². The van der Waals surface area contributed by atoms with Gasteiger partial charge in [-0.25, -0.2) is 0 Å². The second-order valence-corrected chi connectivity index (χ2v) is 6.25. The fraction of sp³-hybridized carbons (Fsp3) is 0.111. The normalized spacial score (nSPS) is 9.77. The minimum Gasteiger partial charge on any atom is -0.332 e. The van der Waals surface area contributed by atoms with Gasteiger partial charge in [0.2, 0.25) is 5.91 Å². The highest BCUT2D eigenvalue weighted by atomic mass is 32.1. The molecule has 0 spiro atoms. The Labute approximate surface area is 162 Å². The van der Waals surface area contributed by atoms with Crippen molar-refractivity contribution in [3.63, 3.8) is 0 Å². The lowest BCUT2D eigenvalue weighted by Crippen LogP contribution is -2.34. The maximum Gasteiger partial charge on any atom is 0.257 e. The van der Waals surface area contributed by atoms with E-state index in [2.05, 4.69) is 21.3 Å². The first-order valence-corrected chi connectivity index (χ1v) is 8.53. The van der Waals surface area contributed by atoms with Crippen LogP contribution in [-0.4, -0.2) is 22.0 Å². The summed E-state index contributed by atoms with van der Waals surface area (Å²) in [6.07, 6.45) is 0. The fourth-order valence-electron chi connectivity index (χ4n) is 2.12. The molecule has 0 atom stereocenters. The van der Waals surface area contributed by atoms with Crippen molar-refractivity contribution in [1.29, 1.82) is 0 Å². The highest BCUT2D eigenvalue weighted by Crippen LogP contribution is 2.13. The largest absolute Gasteiger partial charge is 0.332 e. The summed E-state index contributed by atoms with van der Waals surface area (Å²) in [5, 5.41) is 11.4. The zero-order valence-electron chi connectivity index (χ0n) is 14.3. The average molecular weight is 387 g/mol. The maximum atomic E-state index is 12.2. The molecule has 0 aliphatic carbocycles. The minimum absolute atomic E-state index is 0.202. The predicted molar refractivity (Wildman–Crippen MR) is 111 cm³/mol. The average Bonchev–Trinajstić information content (AvgIpc) is 2.56. The fourth-order valence-corrected chi connectivity index (χ4v) is 2.59. The molecular formula is C18H18N4O2S2. The van der Waals surface area contributed by atoms with E-state index in [9.17, 15) is 9.59 Å². The van der Waals surface area contributed by atoms with E-state index in [1.54, 1.807) is 36.4 Å². The third-order valence-electron chi connectivity index (χ3n) is 3.31. The Morgan fingerprint density at radius 2 is 1.31 bits per heavy atom. The van der Waals surface area contributed by atoms with Crippen LogP contribution < -0.4 is 21.3 Å². The van der Waals surface area contributed by atoms with Gasteiger partial charge in [-0.1, -0.05) is 18.2 Å². The molecule has 0 heterocycles. The van der Waals surface area contributed by atoms with Crippen LogP contribution in [0.2, 0.25) is 0 Å². The van der Waals surface area contributed by atoms with Gasteiger partial charge in [-0.15, -0.1) is 0 Å². The Balaban J connectivity index is 1.91. The number of benzene rings is 2. The van der Waals surface area contributed by atoms with Crippen molar-refractivity contribution in [2.75, 3.05) is 10.6 Å². The molecule has 2 rings (SSSR count). The molecule has 2 amide bonds. The number of carbonyl (C=O) groups is 2. The molecule has 2 aromatic carbocycles. The van der Waals surface area contributed by atoms with Crippen LogP contribution in [0, 0.1) is 6.92 Å². The molecule has 0 aliphatic heterocycles. The highest BCUT2D eigenvalue weighted by Gasteiger charge is 2.10. The van der Waals surface area contributed by atoms with Crippen LogP contribution in [0.3, 0.4) is 0 Å². The molecule has 2 aromatic rings. The number of thiocarbonyl (C=S) groups is 2. The van der Waals surface area contributed by atoms with Crippen molar-refractivity contribution in [3.8, 4) is 0 Å². The van der Waals surface area contributed by atoms with Crippen molar-refractivity contribution >= 4 is 57.8 Å². The van der Waals surface area contributed by atoms with Gasteiger partial charge >= 0.3 is 0 Å². The van der Waals surface area contributed by atoms with E-state index in [4.69, 9.17) is 24.4 Å². The molecular weight excluding hydrogens is 368 g/mol. The van der Waals surface area contributed by atoms with E-state index in [-0.39, 0.29) is 22.0 Å². The molecule has 0 unspecified atom stereocenters. The van der Waals surface area contributed by atoms with Crippen LogP contribution in [0.4, 0.5) is 11.4 Å². The molecule has 8 heteroatoms. The van der Waals surface area contributed by atoms with Gasteiger partial charge in [0.15, 0.2) is 10.2 Å². The predicted octanol–water partition coefficient (Wildman–Crippen LogP) is 2.95. The molecule has 4 N–H and O–H groups in total. The summed E-state index contributed by atoms with van der Waals surface area (Å²) in [5.74, 6) is -0.505. The second kappa shape index (κ2) is 9.02. The lowest BCUT2D eigenvalue weighted by molar-refractivity contribution is -0.117. The second-order valence-electron chi connectivity index (χ2n) is 5.44. The van der Waals surface area contributed by atoms with Crippen LogP contribution in [0.15, 0.2) is 48.5 Å². The van der Waals surface area contributed by atoms with E-state index >= 15 is 0 Å². The zero-order valence-corrected chi connectivity index (χ0v) is 15.9. The van der Waals surface area contributed by atoms with Crippen molar-refractivity contribution in [3.05, 3.63) is 59.7 Å². The summed E-state index contributed by atoms with van der Waals surface area (Å²) in [7, 11) is 0. The third-order valence-corrected chi connectivity index (χ3v) is 3.72. The van der Waals surface area contributed by atoms with Crippen LogP contribution in [0.1, 0.15) is 22.8 Å². The van der Waals surface area contributed by atoms with Crippen molar-refractivity contribution < 1.29 is 9.59 Å². The monoisotopic (exact) mass is 386 g/mol. The number of hydrogen-bond acceptors (Lipinski definition) is 4. The first-order valence-electron chi connectivity index (χ1n) is 7.72. The summed E-state index contributed by atoms with van der Waals surface area (Å²) in [5.41, 5.74) is 2.86. The molecule has 0 aliphatic rings. The summed E-state index contributed by atoms with van der Waals surface area (Å²) in [4.78, 5) is 23.2. The number of carbonyl (C=O) groups excluding carboxylic acids is 2. The Bertz CT molecular complexity index is 851. The van der Waals surface area contributed by atoms with Crippen molar-refractivity contribution in [2.45, 2.75) is 13.8 Å². The molecule has 26 heavy (non-hydrogen) atoms. The molecule has 0 saturated heterocycles. The van der Waals surface area contributed by atoms with Crippen LogP contribution >= 0.6 is 24.4 Å². The number of anilines is 2.